The van der Waals surface area contributed by atoms with Crippen LogP contribution in [-0.2, 0) is 6.42 Å². The SMILES string of the molecule is CC(C)=CCS.CCc1ncc(C)nc1C. The molecule has 0 spiro atoms. The van der Waals surface area contributed by atoms with E-state index in [-0.39, 0.29) is 0 Å². The molecular formula is C13H22N2S. The fraction of sp³-hybridized carbons (Fsp3) is 0.538. The first-order valence-electron chi connectivity index (χ1n) is 5.54. The van der Waals surface area contributed by atoms with E-state index in [1.165, 1.54) is 5.57 Å². The summed E-state index contributed by atoms with van der Waals surface area (Å²) in [6.07, 6.45) is 4.86. The second-order valence-corrected chi connectivity index (χ2v) is 4.23. The Morgan fingerprint density at radius 1 is 1.38 bits per heavy atom. The molecule has 1 heterocycles. The summed E-state index contributed by atoms with van der Waals surface area (Å²) in [7, 11) is 0. The topological polar surface area (TPSA) is 25.8 Å². The highest BCUT2D eigenvalue weighted by Crippen LogP contribution is 2.01. The van der Waals surface area contributed by atoms with Crippen molar-refractivity contribution >= 4 is 12.6 Å². The molecule has 0 saturated carbocycles. The second-order valence-electron chi connectivity index (χ2n) is 3.86. The zero-order valence-electron chi connectivity index (χ0n) is 10.9. The molecule has 3 heteroatoms. The summed E-state index contributed by atoms with van der Waals surface area (Å²) in [5.41, 5.74) is 4.49. The van der Waals surface area contributed by atoms with E-state index in [9.17, 15) is 0 Å². The van der Waals surface area contributed by atoms with E-state index in [1.54, 1.807) is 0 Å². The first-order valence-corrected chi connectivity index (χ1v) is 6.17. The fourth-order valence-electron chi connectivity index (χ4n) is 1.15. The van der Waals surface area contributed by atoms with Crippen LogP contribution in [0.25, 0.3) is 0 Å². The minimum atomic E-state index is 0.863. The Balaban J connectivity index is 0.000000325. The second kappa shape index (κ2) is 8.34. The molecule has 0 bridgehead atoms. The van der Waals surface area contributed by atoms with E-state index in [2.05, 4.69) is 49.4 Å². The van der Waals surface area contributed by atoms with Crippen molar-refractivity contribution in [2.24, 2.45) is 0 Å². The molecule has 0 atom stereocenters. The Morgan fingerprint density at radius 2 is 2.00 bits per heavy atom. The number of hydrogen-bond acceptors (Lipinski definition) is 3. The van der Waals surface area contributed by atoms with Gasteiger partial charge in [-0.25, -0.2) is 0 Å². The molecule has 0 amide bonds. The standard InChI is InChI=1S/C8H12N2.C5H10S/c1-4-8-7(3)10-6(2)5-9-8;1-5(2)3-4-6/h5H,4H2,1-3H3;3,6H,4H2,1-2H3. The number of thiol groups is 1. The predicted molar refractivity (Wildman–Crippen MR) is 74.2 cm³/mol. The van der Waals surface area contributed by atoms with Crippen molar-refractivity contribution in [3.8, 4) is 0 Å². The van der Waals surface area contributed by atoms with Gasteiger partial charge in [-0.05, 0) is 34.1 Å². The first-order chi connectivity index (χ1) is 7.51. The van der Waals surface area contributed by atoms with Crippen LogP contribution in [0.5, 0.6) is 0 Å². The molecule has 16 heavy (non-hydrogen) atoms. The van der Waals surface area contributed by atoms with Gasteiger partial charge in [0.15, 0.2) is 0 Å². The molecule has 1 aromatic rings. The van der Waals surface area contributed by atoms with Gasteiger partial charge in [-0.2, -0.15) is 12.6 Å². The molecule has 0 fully saturated rings. The first kappa shape index (κ1) is 15.2. The van der Waals surface area contributed by atoms with Crippen molar-refractivity contribution in [2.75, 3.05) is 5.75 Å². The van der Waals surface area contributed by atoms with Crippen LogP contribution in [-0.4, -0.2) is 15.7 Å². The number of nitrogens with zero attached hydrogens (tertiary/aromatic N) is 2. The Kier molecular flexibility index (Phi) is 7.90. The van der Waals surface area contributed by atoms with Crippen LogP contribution >= 0.6 is 12.6 Å². The van der Waals surface area contributed by atoms with Gasteiger partial charge in [0.2, 0.25) is 0 Å². The van der Waals surface area contributed by atoms with E-state index in [0.29, 0.717) is 0 Å². The van der Waals surface area contributed by atoms with Gasteiger partial charge >= 0.3 is 0 Å². The smallest absolute Gasteiger partial charge is 0.0613 e. The summed E-state index contributed by atoms with van der Waals surface area (Å²) in [6.45, 7) is 10.2. The van der Waals surface area contributed by atoms with Crippen molar-refractivity contribution in [1.29, 1.82) is 0 Å². The summed E-state index contributed by atoms with van der Waals surface area (Å²) in [4.78, 5) is 8.52. The Labute approximate surface area is 105 Å². The highest BCUT2D eigenvalue weighted by atomic mass is 32.1. The van der Waals surface area contributed by atoms with Crippen molar-refractivity contribution in [3.63, 3.8) is 0 Å². The lowest BCUT2D eigenvalue weighted by Gasteiger charge is -1.99. The maximum absolute atomic E-state index is 4.28. The molecule has 0 unspecified atom stereocenters. The highest BCUT2D eigenvalue weighted by molar-refractivity contribution is 7.80. The minimum absolute atomic E-state index is 0.863. The average molecular weight is 238 g/mol. The third kappa shape index (κ3) is 6.62. The minimum Gasteiger partial charge on any atom is -0.258 e. The van der Waals surface area contributed by atoms with Gasteiger partial charge in [0.1, 0.15) is 0 Å². The number of aromatic nitrogens is 2. The molecular weight excluding hydrogens is 216 g/mol. The van der Waals surface area contributed by atoms with Gasteiger partial charge in [0, 0.05) is 11.9 Å². The van der Waals surface area contributed by atoms with Gasteiger partial charge < -0.3 is 0 Å². The predicted octanol–water partition coefficient (Wildman–Crippen LogP) is 3.54. The number of allylic oxidation sites excluding steroid dienone is 1. The number of hydrogen-bond donors (Lipinski definition) is 1. The normalized spacial score (nSPS) is 9.12. The molecule has 90 valence electrons. The third-order valence-electron chi connectivity index (χ3n) is 2.00. The van der Waals surface area contributed by atoms with E-state index in [1.807, 2.05) is 20.0 Å². The third-order valence-corrected chi connectivity index (χ3v) is 2.19. The summed E-state index contributed by atoms with van der Waals surface area (Å²) in [5, 5.41) is 0. The molecule has 1 rings (SSSR count). The number of rotatable bonds is 2. The van der Waals surface area contributed by atoms with E-state index in [4.69, 9.17) is 0 Å². The molecule has 0 N–H and O–H groups in total. The lowest BCUT2D eigenvalue weighted by Crippen LogP contribution is -1.96. The van der Waals surface area contributed by atoms with Crippen molar-refractivity contribution in [1.82, 2.24) is 9.97 Å². The van der Waals surface area contributed by atoms with E-state index < -0.39 is 0 Å². The van der Waals surface area contributed by atoms with Crippen LogP contribution in [0.4, 0.5) is 0 Å². The molecule has 0 aliphatic rings. The van der Waals surface area contributed by atoms with Crippen LogP contribution in [0.2, 0.25) is 0 Å². The number of aryl methyl sites for hydroxylation is 3. The molecule has 0 aromatic carbocycles. The van der Waals surface area contributed by atoms with Crippen molar-refractivity contribution in [3.05, 3.63) is 34.9 Å². The quantitative estimate of drug-likeness (QED) is 0.630. The fourth-order valence-corrected chi connectivity index (χ4v) is 1.52. The van der Waals surface area contributed by atoms with Gasteiger partial charge in [-0.3, -0.25) is 9.97 Å². The lowest BCUT2D eigenvalue weighted by atomic mass is 10.2. The molecule has 2 nitrogen and oxygen atoms in total. The van der Waals surface area contributed by atoms with Crippen LogP contribution in [0.3, 0.4) is 0 Å². The molecule has 0 radical (unpaired) electrons. The van der Waals surface area contributed by atoms with E-state index >= 15 is 0 Å². The lowest BCUT2D eigenvalue weighted by molar-refractivity contribution is 0.935. The van der Waals surface area contributed by atoms with Gasteiger partial charge in [-0.1, -0.05) is 18.6 Å². The highest BCUT2D eigenvalue weighted by Gasteiger charge is 1.96. The molecule has 1 aromatic heterocycles. The summed E-state index contributed by atoms with van der Waals surface area (Å²) in [5.74, 6) is 0.863. The average Bonchev–Trinajstić information content (AvgIpc) is 2.18. The summed E-state index contributed by atoms with van der Waals surface area (Å²) in [6, 6.07) is 0. The Morgan fingerprint density at radius 3 is 2.31 bits per heavy atom. The maximum atomic E-state index is 4.28. The Hall–Kier alpha value is -0.830. The molecule has 0 aliphatic carbocycles. The zero-order chi connectivity index (χ0) is 12.6. The zero-order valence-corrected chi connectivity index (χ0v) is 11.8. The van der Waals surface area contributed by atoms with Crippen LogP contribution in [0, 0.1) is 13.8 Å². The van der Waals surface area contributed by atoms with E-state index in [0.717, 1.165) is 29.3 Å². The Bertz CT molecular complexity index is 342. The summed E-state index contributed by atoms with van der Waals surface area (Å²) < 4.78 is 0. The molecule has 0 saturated heterocycles. The van der Waals surface area contributed by atoms with Crippen LogP contribution in [0.15, 0.2) is 17.8 Å². The van der Waals surface area contributed by atoms with Gasteiger partial charge in [-0.15, -0.1) is 0 Å². The maximum Gasteiger partial charge on any atom is 0.0613 e. The van der Waals surface area contributed by atoms with Gasteiger partial charge in [0.25, 0.3) is 0 Å². The van der Waals surface area contributed by atoms with Crippen molar-refractivity contribution < 1.29 is 0 Å². The van der Waals surface area contributed by atoms with Gasteiger partial charge in [0.05, 0.1) is 17.1 Å². The van der Waals surface area contributed by atoms with Crippen molar-refractivity contribution in [2.45, 2.75) is 41.0 Å². The largest absolute Gasteiger partial charge is 0.258 e. The summed E-state index contributed by atoms with van der Waals surface area (Å²) >= 11 is 3.98. The molecule has 0 aliphatic heterocycles. The van der Waals surface area contributed by atoms with Crippen LogP contribution < -0.4 is 0 Å². The monoisotopic (exact) mass is 238 g/mol. The van der Waals surface area contributed by atoms with Crippen LogP contribution in [0.1, 0.15) is 37.9 Å².